The molecule has 0 saturated heterocycles. The fraction of sp³-hybridized carbons (Fsp3) is 0.423. The molecule has 5 rings (SSSR count). The number of rotatable bonds is 5. The van der Waals surface area contributed by atoms with Crippen molar-refractivity contribution < 1.29 is 19.0 Å². The van der Waals surface area contributed by atoms with Crippen LogP contribution in [-0.4, -0.2) is 42.8 Å². The molecule has 8 heteroatoms. The largest absolute Gasteiger partial charge is 0.493 e. The highest BCUT2D eigenvalue weighted by atomic mass is 16.5. The Balaban J connectivity index is 1.38. The number of hydrogen-bond donors (Lipinski definition) is 1. The van der Waals surface area contributed by atoms with E-state index in [4.69, 9.17) is 14.2 Å². The number of anilines is 1. The van der Waals surface area contributed by atoms with E-state index >= 15 is 0 Å². The van der Waals surface area contributed by atoms with Crippen molar-refractivity contribution in [2.45, 2.75) is 51.0 Å². The summed E-state index contributed by atoms with van der Waals surface area (Å²) in [5.41, 5.74) is 2.75. The van der Waals surface area contributed by atoms with E-state index in [-0.39, 0.29) is 12.1 Å². The Bertz CT molecular complexity index is 1190. The van der Waals surface area contributed by atoms with Crippen LogP contribution in [0.4, 0.5) is 10.5 Å². The van der Waals surface area contributed by atoms with Crippen LogP contribution in [0, 0.1) is 0 Å². The van der Waals surface area contributed by atoms with Gasteiger partial charge in [-0.3, -0.25) is 4.90 Å². The first-order chi connectivity index (χ1) is 16.7. The summed E-state index contributed by atoms with van der Waals surface area (Å²) < 4.78 is 17.0. The van der Waals surface area contributed by atoms with Gasteiger partial charge in [-0.2, -0.15) is 0 Å². The van der Waals surface area contributed by atoms with Crippen LogP contribution in [0.1, 0.15) is 44.1 Å². The quantitative estimate of drug-likeness (QED) is 0.559. The summed E-state index contributed by atoms with van der Waals surface area (Å²) >= 11 is 0. The minimum absolute atomic E-state index is 0.00403. The van der Waals surface area contributed by atoms with Crippen LogP contribution in [0.3, 0.4) is 0 Å². The van der Waals surface area contributed by atoms with Gasteiger partial charge in [0.2, 0.25) is 5.88 Å². The summed E-state index contributed by atoms with van der Waals surface area (Å²) in [7, 11) is 3.18. The van der Waals surface area contributed by atoms with Crippen LogP contribution in [-0.2, 0) is 6.42 Å². The molecule has 178 valence electrons. The number of aromatic nitrogens is 2. The molecule has 1 saturated carbocycles. The van der Waals surface area contributed by atoms with Crippen molar-refractivity contribution >= 4 is 22.6 Å². The molecule has 0 unspecified atom stereocenters. The molecule has 3 aromatic rings. The molecule has 0 radical (unpaired) electrons. The number of aryl methyl sites for hydroxylation is 1. The lowest BCUT2D eigenvalue weighted by Gasteiger charge is -2.32. The van der Waals surface area contributed by atoms with E-state index in [1.54, 1.807) is 20.3 Å². The van der Waals surface area contributed by atoms with Crippen molar-refractivity contribution in [3.8, 4) is 23.1 Å². The van der Waals surface area contributed by atoms with Crippen LogP contribution < -0.4 is 24.4 Å². The van der Waals surface area contributed by atoms with Crippen molar-refractivity contribution in [3.05, 3.63) is 42.2 Å². The van der Waals surface area contributed by atoms with Crippen LogP contribution in [0.25, 0.3) is 10.9 Å². The lowest BCUT2D eigenvalue weighted by molar-refractivity contribution is 0.237. The second-order valence-electron chi connectivity index (χ2n) is 8.84. The normalized spacial score (nSPS) is 16.1. The van der Waals surface area contributed by atoms with Gasteiger partial charge >= 0.3 is 6.03 Å². The summed E-state index contributed by atoms with van der Waals surface area (Å²) in [6.45, 7) is 0.726. The highest BCUT2D eigenvalue weighted by Crippen LogP contribution is 2.37. The van der Waals surface area contributed by atoms with E-state index in [1.165, 1.54) is 25.6 Å². The van der Waals surface area contributed by atoms with E-state index in [1.807, 2.05) is 29.2 Å². The summed E-state index contributed by atoms with van der Waals surface area (Å²) in [5, 5.41) is 3.97. The Kier molecular flexibility index (Phi) is 6.38. The maximum atomic E-state index is 13.0. The number of nitrogens with one attached hydrogen (secondary N) is 1. The molecular formula is C26H30N4O4. The molecular weight excluding hydrogens is 432 g/mol. The van der Waals surface area contributed by atoms with Gasteiger partial charge in [0.25, 0.3) is 0 Å². The Morgan fingerprint density at radius 1 is 1.00 bits per heavy atom. The molecule has 0 atom stereocenters. The fourth-order valence-corrected chi connectivity index (χ4v) is 4.90. The summed E-state index contributed by atoms with van der Waals surface area (Å²) in [6.07, 6.45) is 9.09. The predicted octanol–water partition coefficient (Wildman–Crippen LogP) is 5.23. The minimum Gasteiger partial charge on any atom is -0.493 e. The monoisotopic (exact) mass is 462 g/mol. The maximum Gasteiger partial charge on any atom is 0.322 e. The third-order valence-electron chi connectivity index (χ3n) is 6.67. The van der Waals surface area contributed by atoms with Gasteiger partial charge in [-0.25, -0.2) is 14.8 Å². The minimum atomic E-state index is 0.00403. The van der Waals surface area contributed by atoms with Crippen molar-refractivity contribution in [3.63, 3.8) is 0 Å². The lowest BCUT2D eigenvalue weighted by atomic mass is 9.95. The van der Waals surface area contributed by atoms with Crippen LogP contribution in [0.5, 0.6) is 23.1 Å². The smallest absolute Gasteiger partial charge is 0.322 e. The van der Waals surface area contributed by atoms with Crippen molar-refractivity contribution in [1.29, 1.82) is 0 Å². The number of nitrogens with zero attached hydrogens (tertiary/aromatic N) is 3. The summed E-state index contributed by atoms with van der Waals surface area (Å²) in [4.78, 5) is 23.6. The highest BCUT2D eigenvalue weighted by Gasteiger charge is 2.25. The van der Waals surface area contributed by atoms with Gasteiger partial charge in [-0.15, -0.1) is 0 Å². The molecule has 34 heavy (non-hydrogen) atoms. The van der Waals surface area contributed by atoms with Gasteiger partial charge in [0.05, 0.1) is 25.1 Å². The average molecular weight is 463 g/mol. The zero-order valence-corrected chi connectivity index (χ0v) is 19.7. The Hall–Kier alpha value is -3.55. The van der Waals surface area contributed by atoms with Crippen LogP contribution >= 0.6 is 0 Å². The molecule has 1 aliphatic carbocycles. The van der Waals surface area contributed by atoms with Gasteiger partial charge < -0.3 is 19.5 Å². The SMILES string of the molecule is COc1cc2ncnc(Oc3ccc4c(c3)CCCN4C(=O)NC3CCCCC3)c2cc1OC. The molecule has 1 fully saturated rings. The van der Waals surface area contributed by atoms with E-state index in [9.17, 15) is 4.79 Å². The van der Waals surface area contributed by atoms with Crippen molar-refractivity contribution in [2.24, 2.45) is 0 Å². The van der Waals surface area contributed by atoms with E-state index < -0.39 is 0 Å². The standard InChI is InChI=1S/C26H30N4O4/c1-32-23-14-20-21(15-24(23)33-2)27-16-28-25(20)34-19-10-11-22-17(13-19)7-6-12-30(22)26(31)29-18-8-4-3-5-9-18/h10-11,13-16,18H,3-9,12H2,1-2H3,(H,29,31). The van der Waals surface area contributed by atoms with E-state index in [0.29, 0.717) is 28.6 Å². The second-order valence-corrected chi connectivity index (χ2v) is 8.84. The zero-order chi connectivity index (χ0) is 23.5. The molecule has 2 aromatic carbocycles. The molecule has 1 aliphatic heterocycles. The third-order valence-corrected chi connectivity index (χ3v) is 6.67. The van der Waals surface area contributed by atoms with Gasteiger partial charge in [0.15, 0.2) is 11.5 Å². The number of benzene rings is 2. The number of fused-ring (bicyclic) bond motifs is 2. The molecule has 8 nitrogen and oxygen atoms in total. The third kappa shape index (κ3) is 4.44. The number of carbonyl (C=O) groups is 1. The zero-order valence-electron chi connectivity index (χ0n) is 19.7. The van der Waals surface area contributed by atoms with E-state index in [2.05, 4.69) is 15.3 Å². The first-order valence-electron chi connectivity index (χ1n) is 11.9. The molecule has 2 heterocycles. The predicted molar refractivity (Wildman–Crippen MR) is 130 cm³/mol. The van der Waals surface area contributed by atoms with Gasteiger partial charge in [0, 0.05) is 24.3 Å². The molecule has 1 N–H and O–H groups in total. The van der Waals surface area contributed by atoms with Gasteiger partial charge in [-0.1, -0.05) is 19.3 Å². The fourth-order valence-electron chi connectivity index (χ4n) is 4.90. The Morgan fingerprint density at radius 3 is 2.59 bits per heavy atom. The maximum absolute atomic E-state index is 13.0. The first-order valence-corrected chi connectivity index (χ1v) is 11.9. The van der Waals surface area contributed by atoms with Crippen molar-refractivity contribution in [2.75, 3.05) is 25.7 Å². The van der Waals surface area contributed by atoms with Crippen LogP contribution in [0.15, 0.2) is 36.7 Å². The molecule has 2 aliphatic rings. The van der Waals surface area contributed by atoms with Crippen molar-refractivity contribution in [1.82, 2.24) is 15.3 Å². The molecule has 1 aromatic heterocycles. The summed E-state index contributed by atoms with van der Waals surface area (Å²) in [6, 6.07) is 9.78. The highest BCUT2D eigenvalue weighted by molar-refractivity contribution is 5.93. The second kappa shape index (κ2) is 9.75. The van der Waals surface area contributed by atoms with Gasteiger partial charge in [-0.05, 0) is 55.5 Å². The number of methoxy groups -OCH3 is 2. The Labute approximate surface area is 199 Å². The topological polar surface area (TPSA) is 85.8 Å². The first kappa shape index (κ1) is 22.3. The number of hydrogen-bond acceptors (Lipinski definition) is 6. The van der Waals surface area contributed by atoms with Gasteiger partial charge in [0.1, 0.15) is 12.1 Å². The lowest BCUT2D eigenvalue weighted by Crippen LogP contribution is -2.47. The Morgan fingerprint density at radius 2 is 1.79 bits per heavy atom. The molecule has 2 amide bonds. The molecule has 0 spiro atoms. The number of carbonyl (C=O) groups excluding carboxylic acids is 1. The number of ether oxygens (including phenoxy) is 3. The summed E-state index contributed by atoms with van der Waals surface area (Å²) in [5.74, 6) is 2.29. The average Bonchev–Trinajstić information content (AvgIpc) is 2.88. The molecule has 0 bridgehead atoms. The number of amides is 2. The van der Waals surface area contributed by atoms with E-state index in [0.717, 1.165) is 48.9 Å². The van der Waals surface area contributed by atoms with Crippen LogP contribution in [0.2, 0.25) is 0 Å². The number of urea groups is 1.